The van der Waals surface area contributed by atoms with Crippen LogP contribution in [0.1, 0.15) is 16.1 Å². The summed E-state index contributed by atoms with van der Waals surface area (Å²) >= 11 is 6.26. The van der Waals surface area contributed by atoms with Gasteiger partial charge in [0.2, 0.25) is 0 Å². The van der Waals surface area contributed by atoms with Crippen LogP contribution in [0.4, 0.5) is 0 Å². The van der Waals surface area contributed by atoms with Crippen LogP contribution in [-0.4, -0.2) is 47.3 Å². The van der Waals surface area contributed by atoms with Crippen LogP contribution in [0.5, 0.6) is 0 Å². The molecule has 0 unspecified atom stereocenters. The van der Waals surface area contributed by atoms with E-state index in [-0.39, 0.29) is 31.0 Å². The molecule has 0 spiro atoms. The van der Waals surface area contributed by atoms with Crippen molar-refractivity contribution in [2.24, 2.45) is 0 Å². The Morgan fingerprint density at radius 1 is 1.13 bits per heavy atom. The van der Waals surface area contributed by atoms with Crippen LogP contribution in [0.2, 0.25) is 5.02 Å². The fraction of sp³-hybridized carbons (Fsp3) is 0.238. The smallest absolute Gasteiger partial charge is 0.319 e. The molecule has 0 radical (unpaired) electrons. The van der Waals surface area contributed by atoms with Crippen LogP contribution >= 0.6 is 11.6 Å². The highest BCUT2D eigenvalue weighted by Crippen LogP contribution is 2.18. The van der Waals surface area contributed by atoms with E-state index in [1.54, 1.807) is 35.2 Å². The largest absolute Gasteiger partial charge is 0.468 e. The lowest BCUT2D eigenvalue weighted by Gasteiger charge is -2.22. The average Bonchev–Trinajstić information content (AvgIpc) is 2.76. The summed E-state index contributed by atoms with van der Waals surface area (Å²) in [5.41, 5.74) is 0.541. The molecule has 3 aromatic rings. The lowest BCUT2D eigenvalue weighted by atomic mass is 10.1. The molecule has 0 atom stereocenters. The summed E-state index contributed by atoms with van der Waals surface area (Å²) in [5.74, 6) is -0.881. The molecule has 1 N–H and O–H groups in total. The molecule has 0 aliphatic rings. The first-order chi connectivity index (χ1) is 14.4. The molecule has 0 aliphatic carbocycles. The van der Waals surface area contributed by atoms with Crippen molar-refractivity contribution in [3.05, 3.63) is 75.2 Å². The van der Waals surface area contributed by atoms with Crippen LogP contribution in [0.25, 0.3) is 10.8 Å². The predicted molar refractivity (Wildman–Crippen MR) is 113 cm³/mol. The molecule has 30 heavy (non-hydrogen) atoms. The number of aromatic nitrogens is 2. The van der Waals surface area contributed by atoms with Crippen molar-refractivity contribution in [1.29, 1.82) is 0 Å². The summed E-state index contributed by atoms with van der Waals surface area (Å²) in [6, 6.07) is 14.0. The average molecular weight is 429 g/mol. The first-order valence-electron chi connectivity index (χ1n) is 9.19. The van der Waals surface area contributed by atoms with Gasteiger partial charge in [0, 0.05) is 24.0 Å². The highest BCUT2D eigenvalue weighted by molar-refractivity contribution is 6.31. The summed E-state index contributed by atoms with van der Waals surface area (Å²) in [6.45, 7) is 0.164. The van der Waals surface area contributed by atoms with Gasteiger partial charge in [0.15, 0.2) is 5.69 Å². The van der Waals surface area contributed by atoms with Gasteiger partial charge in [-0.15, -0.1) is 0 Å². The molecule has 2 aromatic carbocycles. The van der Waals surface area contributed by atoms with Gasteiger partial charge in [0.25, 0.3) is 11.5 Å². The molecule has 1 aromatic heterocycles. The van der Waals surface area contributed by atoms with Gasteiger partial charge in [-0.3, -0.25) is 19.3 Å². The van der Waals surface area contributed by atoms with Crippen molar-refractivity contribution < 1.29 is 14.3 Å². The lowest BCUT2D eigenvalue weighted by molar-refractivity contribution is -0.142. The molecule has 8 nitrogen and oxygen atoms in total. The minimum Gasteiger partial charge on any atom is -0.468 e. The minimum absolute atomic E-state index is 0.0337. The minimum atomic E-state index is -0.470. The summed E-state index contributed by atoms with van der Waals surface area (Å²) in [7, 11) is 2.79. The third-order valence-corrected chi connectivity index (χ3v) is 4.94. The Kier molecular flexibility index (Phi) is 6.81. The number of methoxy groups -OCH3 is 1. The number of carbonyl (C=O) groups excluding carboxylic acids is 2. The summed E-state index contributed by atoms with van der Waals surface area (Å²) in [5, 5.41) is 8.18. The number of fused-ring (bicyclic) bond motifs is 1. The fourth-order valence-corrected chi connectivity index (χ4v) is 3.27. The van der Waals surface area contributed by atoms with Crippen LogP contribution in [0.3, 0.4) is 0 Å². The van der Waals surface area contributed by atoms with E-state index >= 15 is 0 Å². The molecule has 0 saturated heterocycles. The molecule has 156 valence electrons. The highest BCUT2D eigenvalue weighted by atomic mass is 35.5. The van der Waals surface area contributed by atoms with Crippen LogP contribution < -0.4 is 10.9 Å². The van der Waals surface area contributed by atoms with Gasteiger partial charge < -0.3 is 10.1 Å². The highest BCUT2D eigenvalue weighted by Gasteiger charge is 2.19. The number of hydrogen-bond donors (Lipinski definition) is 1. The first-order valence-corrected chi connectivity index (χ1v) is 9.57. The maximum atomic E-state index is 13.0. The quantitative estimate of drug-likeness (QED) is 0.579. The third kappa shape index (κ3) is 4.67. The molecule has 0 bridgehead atoms. The molecule has 0 fully saturated rings. The van der Waals surface area contributed by atoms with E-state index in [0.717, 1.165) is 5.56 Å². The van der Waals surface area contributed by atoms with E-state index < -0.39 is 11.9 Å². The van der Waals surface area contributed by atoms with Gasteiger partial charge in [-0.1, -0.05) is 48.0 Å². The van der Waals surface area contributed by atoms with Crippen LogP contribution in [0.15, 0.2) is 53.3 Å². The number of rotatable bonds is 7. The summed E-state index contributed by atoms with van der Waals surface area (Å²) < 4.78 is 5.95. The van der Waals surface area contributed by atoms with Crippen molar-refractivity contribution in [2.75, 3.05) is 20.7 Å². The molecule has 3 rings (SSSR count). The first kappa shape index (κ1) is 21.5. The standard InChI is InChI=1S/C21H21ClN4O4/c1-23-20(28)19-15-8-4-5-9-16(15)21(29)26(24-19)13-25(12-18(27)30-2)11-14-7-3-6-10-17(14)22/h3-10H,11-13H2,1-2H3,(H,23,28). The SMILES string of the molecule is CNC(=O)c1nn(CN(CC(=O)OC)Cc2ccccc2Cl)c(=O)c2ccccc12. The third-order valence-electron chi connectivity index (χ3n) is 4.58. The van der Waals surface area contributed by atoms with E-state index in [1.165, 1.54) is 18.8 Å². The zero-order valence-corrected chi connectivity index (χ0v) is 17.3. The van der Waals surface area contributed by atoms with E-state index in [1.807, 2.05) is 18.2 Å². The van der Waals surface area contributed by atoms with Crippen molar-refractivity contribution in [2.45, 2.75) is 13.2 Å². The Morgan fingerprint density at radius 2 is 1.80 bits per heavy atom. The lowest BCUT2D eigenvalue weighted by Crippen LogP contribution is -2.38. The Bertz CT molecular complexity index is 1150. The van der Waals surface area contributed by atoms with Crippen molar-refractivity contribution in [3.63, 3.8) is 0 Å². The number of halogens is 1. The van der Waals surface area contributed by atoms with Crippen LogP contribution in [0, 0.1) is 0 Å². The number of nitrogens with one attached hydrogen (secondary N) is 1. The molecular formula is C21H21ClN4O4. The molecule has 1 heterocycles. The van der Waals surface area contributed by atoms with Crippen molar-refractivity contribution in [3.8, 4) is 0 Å². The maximum Gasteiger partial charge on any atom is 0.319 e. The monoisotopic (exact) mass is 428 g/mol. The van der Waals surface area contributed by atoms with Gasteiger partial charge in [0.05, 0.1) is 25.7 Å². The van der Waals surface area contributed by atoms with Crippen LogP contribution in [-0.2, 0) is 22.7 Å². The van der Waals surface area contributed by atoms with Gasteiger partial charge >= 0.3 is 5.97 Å². The van der Waals surface area contributed by atoms with Gasteiger partial charge in [-0.05, 0) is 17.7 Å². The maximum absolute atomic E-state index is 13.0. The molecule has 9 heteroatoms. The number of esters is 1. The normalized spacial score (nSPS) is 10.9. The number of amides is 1. The fourth-order valence-electron chi connectivity index (χ4n) is 3.08. The second-order valence-electron chi connectivity index (χ2n) is 6.57. The van der Waals surface area contributed by atoms with E-state index in [9.17, 15) is 14.4 Å². The van der Waals surface area contributed by atoms with E-state index in [4.69, 9.17) is 16.3 Å². The molecular weight excluding hydrogens is 408 g/mol. The zero-order chi connectivity index (χ0) is 21.7. The van der Waals surface area contributed by atoms with Gasteiger partial charge in [0.1, 0.15) is 0 Å². The zero-order valence-electron chi connectivity index (χ0n) is 16.6. The summed E-state index contributed by atoms with van der Waals surface area (Å²) in [6.07, 6.45) is 0. The number of benzene rings is 2. The second-order valence-corrected chi connectivity index (χ2v) is 6.98. The Morgan fingerprint density at radius 3 is 2.47 bits per heavy atom. The Hall–Kier alpha value is -3.23. The van der Waals surface area contributed by atoms with Gasteiger partial charge in [-0.25, -0.2) is 4.68 Å². The number of carbonyl (C=O) groups is 2. The molecule has 1 amide bonds. The topological polar surface area (TPSA) is 93.5 Å². The Balaban J connectivity index is 2.04. The van der Waals surface area contributed by atoms with Crippen molar-refractivity contribution in [1.82, 2.24) is 20.0 Å². The number of nitrogens with zero attached hydrogens (tertiary/aromatic N) is 3. The number of ether oxygens (including phenoxy) is 1. The molecule has 0 aliphatic heterocycles. The van der Waals surface area contributed by atoms with E-state index in [2.05, 4.69) is 10.4 Å². The van der Waals surface area contributed by atoms with E-state index in [0.29, 0.717) is 15.8 Å². The van der Waals surface area contributed by atoms with Gasteiger partial charge in [-0.2, -0.15) is 5.10 Å². The predicted octanol–water partition coefficient (Wildman–Crippen LogP) is 2.04. The Labute approximate surface area is 178 Å². The molecule has 0 saturated carbocycles. The number of hydrogen-bond acceptors (Lipinski definition) is 6. The summed E-state index contributed by atoms with van der Waals surface area (Å²) in [4.78, 5) is 39.0. The second kappa shape index (κ2) is 9.51. The van der Waals surface area contributed by atoms with Crippen molar-refractivity contribution >= 4 is 34.2 Å².